The molecule has 37 heavy (non-hydrogen) atoms. The van der Waals surface area contributed by atoms with Crippen LogP contribution in [0.2, 0.25) is 0 Å². The van der Waals surface area contributed by atoms with Gasteiger partial charge in [0.2, 0.25) is 0 Å². The Bertz CT molecular complexity index is 1390. The first kappa shape index (κ1) is 26.0. The van der Waals surface area contributed by atoms with Crippen LogP contribution < -0.4 is 14.4 Å². The highest BCUT2D eigenvalue weighted by Crippen LogP contribution is 2.43. The fraction of sp³-hybridized carbons (Fsp3) is 0.290. The molecule has 0 aromatic heterocycles. The number of amides is 1. The summed E-state index contributed by atoms with van der Waals surface area (Å²) in [5.41, 5.74) is 4.63. The maximum atomic E-state index is 13.5. The van der Waals surface area contributed by atoms with E-state index in [1.54, 1.807) is 18.2 Å². The highest BCUT2D eigenvalue weighted by atomic mass is 16.5. The number of hydrogen-bond donors (Lipinski definition) is 1. The van der Waals surface area contributed by atoms with Crippen molar-refractivity contribution in [2.75, 3.05) is 11.5 Å². The second-order valence-corrected chi connectivity index (χ2v) is 9.59. The highest BCUT2D eigenvalue weighted by molar-refractivity contribution is 6.51. The summed E-state index contributed by atoms with van der Waals surface area (Å²) in [7, 11) is 0. The average Bonchev–Trinajstić information content (AvgIpc) is 3.12. The summed E-state index contributed by atoms with van der Waals surface area (Å²) >= 11 is 0. The van der Waals surface area contributed by atoms with Gasteiger partial charge in [-0.2, -0.15) is 0 Å². The molecule has 1 heterocycles. The summed E-state index contributed by atoms with van der Waals surface area (Å²) in [4.78, 5) is 28.4. The maximum Gasteiger partial charge on any atom is 0.300 e. The van der Waals surface area contributed by atoms with Crippen molar-refractivity contribution < 1.29 is 24.2 Å². The van der Waals surface area contributed by atoms with Crippen molar-refractivity contribution in [2.24, 2.45) is 0 Å². The largest absolute Gasteiger partial charge is 0.507 e. The number of nitrogens with zero attached hydrogens (tertiary/aromatic N) is 1. The van der Waals surface area contributed by atoms with Crippen LogP contribution in [0.4, 0.5) is 5.69 Å². The third-order valence-electron chi connectivity index (χ3n) is 6.51. The van der Waals surface area contributed by atoms with E-state index in [-0.39, 0.29) is 17.4 Å². The molecule has 1 saturated heterocycles. The number of aliphatic hydroxyl groups is 1. The Balaban J connectivity index is 1.92. The summed E-state index contributed by atoms with van der Waals surface area (Å²) in [5, 5.41) is 11.5. The number of ketones is 1. The van der Waals surface area contributed by atoms with Crippen LogP contribution in [0.25, 0.3) is 5.76 Å². The molecule has 1 unspecified atom stereocenters. The summed E-state index contributed by atoms with van der Waals surface area (Å²) in [5.74, 6) is -0.328. The molecule has 6 heteroatoms. The molecule has 1 atom stereocenters. The van der Waals surface area contributed by atoms with Gasteiger partial charge in [0, 0.05) is 11.3 Å². The molecule has 0 aliphatic carbocycles. The van der Waals surface area contributed by atoms with Crippen molar-refractivity contribution >= 4 is 23.1 Å². The minimum atomic E-state index is -0.829. The Hall–Kier alpha value is -4.06. The monoisotopic (exact) mass is 499 g/mol. The minimum absolute atomic E-state index is 0.0356. The summed E-state index contributed by atoms with van der Waals surface area (Å²) < 4.78 is 11.5. The van der Waals surface area contributed by atoms with Gasteiger partial charge >= 0.3 is 0 Å². The zero-order chi connectivity index (χ0) is 26.9. The summed E-state index contributed by atoms with van der Waals surface area (Å²) in [6.07, 6.45) is -0.0480. The number of Topliss-reactive ketones (excluding diaryl/α,β-unsaturated/α-hetero) is 1. The minimum Gasteiger partial charge on any atom is -0.507 e. The molecule has 0 saturated carbocycles. The van der Waals surface area contributed by atoms with E-state index >= 15 is 0 Å². The van der Waals surface area contributed by atoms with Crippen molar-refractivity contribution in [1.29, 1.82) is 0 Å². The highest BCUT2D eigenvalue weighted by Gasteiger charge is 2.47. The lowest BCUT2D eigenvalue weighted by Crippen LogP contribution is -2.29. The SMILES string of the molecule is CCOc1ccc(/C(O)=C2\C(=O)C(=O)N(c3ccc(C)c(C)c3)C2c2cccc(OC(C)C)c2)cc1C. The van der Waals surface area contributed by atoms with Gasteiger partial charge in [-0.3, -0.25) is 14.5 Å². The number of anilines is 1. The van der Waals surface area contributed by atoms with E-state index in [2.05, 4.69) is 0 Å². The van der Waals surface area contributed by atoms with E-state index in [0.717, 1.165) is 16.7 Å². The van der Waals surface area contributed by atoms with E-state index in [0.29, 0.717) is 34.9 Å². The molecular formula is C31H33NO5. The number of carbonyl (C=O) groups is 2. The van der Waals surface area contributed by atoms with E-state index in [4.69, 9.17) is 9.47 Å². The molecule has 4 rings (SSSR count). The van der Waals surface area contributed by atoms with Crippen molar-refractivity contribution in [3.05, 3.63) is 94.1 Å². The van der Waals surface area contributed by atoms with Gasteiger partial charge in [0.05, 0.1) is 24.3 Å². The van der Waals surface area contributed by atoms with Crippen molar-refractivity contribution in [3.63, 3.8) is 0 Å². The molecule has 0 bridgehead atoms. The third-order valence-corrected chi connectivity index (χ3v) is 6.51. The normalized spacial score (nSPS) is 16.9. The molecule has 192 valence electrons. The molecule has 3 aromatic rings. The second-order valence-electron chi connectivity index (χ2n) is 9.59. The summed E-state index contributed by atoms with van der Waals surface area (Å²) in [6, 6.07) is 17.4. The van der Waals surface area contributed by atoms with E-state index in [1.807, 2.05) is 84.0 Å². The first-order chi connectivity index (χ1) is 17.6. The number of ether oxygens (including phenoxy) is 2. The van der Waals surface area contributed by atoms with E-state index in [9.17, 15) is 14.7 Å². The second kappa shape index (κ2) is 10.5. The lowest BCUT2D eigenvalue weighted by molar-refractivity contribution is -0.132. The maximum absolute atomic E-state index is 13.5. The Morgan fingerprint density at radius 1 is 0.946 bits per heavy atom. The van der Waals surface area contributed by atoms with Crippen LogP contribution >= 0.6 is 0 Å². The fourth-order valence-electron chi connectivity index (χ4n) is 4.59. The van der Waals surface area contributed by atoms with Crippen LogP contribution in [0.15, 0.2) is 66.2 Å². The van der Waals surface area contributed by atoms with Crippen LogP contribution in [0.5, 0.6) is 11.5 Å². The number of rotatable bonds is 7. The number of benzene rings is 3. The molecule has 0 radical (unpaired) electrons. The van der Waals surface area contributed by atoms with Gasteiger partial charge in [-0.1, -0.05) is 18.2 Å². The first-order valence-corrected chi connectivity index (χ1v) is 12.5. The van der Waals surface area contributed by atoms with Crippen molar-refractivity contribution in [2.45, 2.75) is 53.7 Å². The molecule has 0 spiro atoms. The standard InChI is InChI=1S/C31H33NO5/c1-7-36-26-14-12-23(15-21(26)6)29(33)27-28(22-9-8-10-25(17-22)37-18(2)3)32(31(35)30(27)34)24-13-11-19(4)20(5)16-24/h8-18,28,33H,7H2,1-6H3/b29-27+. The van der Waals surface area contributed by atoms with Gasteiger partial charge in [0.25, 0.3) is 11.7 Å². The van der Waals surface area contributed by atoms with Gasteiger partial charge < -0.3 is 14.6 Å². The quantitative estimate of drug-likeness (QED) is 0.230. The summed E-state index contributed by atoms with van der Waals surface area (Å²) in [6.45, 7) is 12.1. The van der Waals surface area contributed by atoms with Gasteiger partial charge in [-0.15, -0.1) is 0 Å². The zero-order valence-electron chi connectivity index (χ0n) is 22.2. The number of aliphatic hydroxyl groups excluding tert-OH is 1. The molecule has 6 nitrogen and oxygen atoms in total. The number of hydrogen-bond acceptors (Lipinski definition) is 5. The lowest BCUT2D eigenvalue weighted by atomic mass is 9.94. The van der Waals surface area contributed by atoms with Gasteiger partial charge in [-0.25, -0.2) is 0 Å². The Morgan fingerprint density at radius 3 is 2.35 bits per heavy atom. The van der Waals surface area contributed by atoms with Gasteiger partial charge in [0.1, 0.15) is 17.3 Å². The molecule has 1 N–H and O–H groups in total. The Morgan fingerprint density at radius 2 is 1.70 bits per heavy atom. The van der Waals surface area contributed by atoms with Crippen LogP contribution in [0.1, 0.15) is 54.6 Å². The lowest BCUT2D eigenvalue weighted by Gasteiger charge is -2.26. The first-order valence-electron chi connectivity index (χ1n) is 12.5. The molecule has 1 amide bonds. The average molecular weight is 500 g/mol. The zero-order valence-corrected chi connectivity index (χ0v) is 22.2. The van der Waals surface area contributed by atoms with Crippen LogP contribution in [-0.2, 0) is 9.59 Å². The van der Waals surface area contributed by atoms with Crippen molar-refractivity contribution in [1.82, 2.24) is 0 Å². The van der Waals surface area contributed by atoms with Crippen LogP contribution in [0.3, 0.4) is 0 Å². The van der Waals surface area contributed by atoms with Crippen molar-refractivity contribution in [3.8, 4) is 11.5 Å². The Labute approximate surface area is 218 Å². The van der Waals surface area contributed by atoms with Gasteiger partial charge in [0.15, 0.2) is 0 Å². The fourth-order valence-corrected chi connectivity index (χ4v) is 4.59. The molecule has 3 aromatic carbocycles. The third kappa shape index (κ3) is 5.10. The molecule has 1 aliphatic rings. The van der Waals surface area contributed by atoms with Crippen LogP contribution in [0, 0.1) is 20.8 Å². The molecule has 1 fully saturated rings. The topological polar surface area (TPSA) is 76.1 Å². The Kier molecular flexibility index (Phi) is 7.39. The predicted molar refractivity (Wildman–Crippen MR) is 145 cm³/mol. The number of aryl methyl sites for hydroxylation is 3. The number of carbonyl (C=O) groups excluding carboxylic acids is 2. The van der Waals surface area contributed by atoms with Gasteiger partial charge in [-0.05, 0) is 106 Å². The van der Waals surface area contributed by atoms with Crippen LogP contribution in [-0.4, -0.2) is 29.5 Å². The molecule has 1 aliphatic heterocycles. The molecular weight excluding hydrogens is 466 g/mol. The predicted octanol–water partition coefficient (Wildman–Crippen LogP) is 6.42. The smallest absolute Gasteiger partial charge is 0.300 e. The van der Waals surface area contributed by atoms with E-state index < -0.39 is 17.7 Å². The van der Waals surface area contributed by atoms with E-state index in [1.165, 1.54) is 4.90 Å².